The highest BCUT2D eigenvalue weighted by Gasteiger charge is 2.17. The van der Waals surface area contributed by atoms with Gasteiger partial charge >= 0.3 is 11.8 Å². The van der Waals surface area contributed by atoms with E-state index >= 15 is 0 Å². The lowest BCUT2D eigenvalue weighted by Crippen LogP contribution is -2.43. The molecule has 0 fully saturated rings. The van der Waals surface area contributed by atoms with Crippen molar-refractivity contribution in [2.75, 3.05) is 6.54 Å². The lowest BCUT2D eigenvalue weighted by molar-refractivity contribution is -0.139. The Balaban J connectivity index is 2.43. The standard InChI is InChI=1S/C10H13N3O3S/c1-6(7-3-2-4-16-7)13-10(15)9(14)12-5-8(11)17/h2-4,6H,5H2,1H3,(H2,11,17)(H,12,14)(H,13,15). The zero-order chi connectivity index (χ0) is 12.8. The number of hydrogen-bond acceptors (Lipinski definition) is 4. The highest BCUT2D eigenvalue weighted by Crippen LogP contribution is 2.11. The number of hydrogen-bond donors (Lipinski definition) is 3. The third-order valence-electron chi connectivity index (χ3n) is 1.95. The molecule has 0 bridgehead atoms. The first-order valence-electron chi connectivity index (χ1n) is 4.91. The largest absolute Gasteiger partial charge is 0.467 e. The van der Waals surface area contributed by atoms with Crippen LogP contribution in [-0.2, 0) is 9.59 Å². The first-order valence-corrected chi connectivity index (χ1v) is 5.32. The maximum Gasteiger partial charge on any atom is 0.309 e. The van der Waals surface area contributed by atoms with Crippen molar-refractivity contribution in [3.8, 4) is 0 Å². The Kier molecular flexibility index (Phi) is 4.65. The van der Waals surface area contributed by atoms with Crippen molar-refractivity contribution in [3.05, 3.63) is 24.2 Å². The first kappa shape index (κ1) is 13.2. The average molecular weight is 255 g/mol. The van der Waals surface area contributed by atoms with E-state index in [1.165, 1.54) is 6.26 Å². The molecule has 7 heteroatoms. The van der Waals surface area contributed by atoms with Gasteiger partial charge in [0.1, 0.15) is 5.76 Å². The Morgan fingerprint density at radius 3 is 2.76 bits per heavy atom. The number of nitrogens with one attached hydrogen (secondary N) is 2. The Morgan fingerprint density at radius 2 is 2.24 bits per heavy atom. The monoisotopic (exact) mass is 255 g/mol. The Bertz CT molecular complexity index is 416. The predicted octanol–water partition coefficient (Wildman–Crippen LogP) is -0.141. The van der Waals surface area contributed by atoms with Crippen LogP contribution in [0.5, 0.6) is 0 Å². The summed E-state index contributed by atoms with van der Waals surface area (Å²) >= 11 is 4.57. The quantitative estimate of drug-likeness (QED) is 0.514. The molecule has 1 heterocycles. The number of thiocarbonyl (C=S) groups is 1. The molecule has 1 aromatic rings. The van der Waals surface area contributed by atoms with Crippen molar-refractivity contribution in [2.24, 2.45) is 5.73 Å². The smallest absolute Gasteiger partial charge is 0.309 e. The van der Waals surface area contributed by atoms with E-state index in [0.717, 1.165) is 0 Å². The van der Waals surface area contributed by atoms with Gasteiger partial charge in [-0.3, -0.25) is 9.59 Å². The fourth-order valence-corrected chi connectivity index (χ4v) is 1.19. The van der Waals surface area contributed by atoms with Crippen LogP contribution in [0.4, 0.5) is 0 Å². The van der Waals surface area contributed by atoms with Gasteiger partial charge in [0.2, 0.25) is 0 Å². The van der Waals surface area contributed by atoms with Crippen LogP contribution in [0.2, 0.25) is 0 Å². The number of amides is 2. The van der Waals surface area contributed by atoms with Crippen LogP contribution >= 0.6 is 12.2 Å². The summed E-state index contributed by atoms with van der Waals surface area (Å²) in [6.45, 7) is 1.70. The van der Waals surface area contributed by atoms with Gasteiger partial charge in [0.05, 0.1) is 23.8 Å². The van der Waals surface area contributed by atoms with E-state index in [0.29, 0.717) is 5.76 Å². The second-order valence-electron chi connectivity index (χ2n) is 3.36. The number of furan rings is 1. The van der Waals surface area contributed by atoms with E-state index in [1.807, 2.05) is 0 Å². The predicted molar refractivity (Wildman–Crippen MR) is 65.1 cm³/mol. The summed E-state index contributed by atoms with van der Waals surface area (Å²) in [5.74, 6) is -0.971. The molecule has 0 radical (unpaired) electrons. The normalized spacial score (nSPS) is 11.6. The maximum absolute atomic E-state index is 11.4. The molecule has 1 atom stereocenters. The molecule has 0 saturated heterocycles. The van der Waals surface area contributed by atoms with E-state index in [-0.39, 0.29) is 17.6 Å². The Labute approximate surface area is 104 Å². The average Bonchev–Trinajstić information content (AvgIpc) is 2.78. The lowest BCUT2D eigenvalue weighted by atomic mass is 10.2. The molecule has 17 heavy (non-hydrogen) atoms. The Morgan fingerprint density at radius 1 is 1.53 bits per heavy atom. The van der Waals surface area contributed by atoms with Crippen molar-refractivity contribution in [2.45, 2.75) is 13.0 Å². The molecule has 1 aromatic heterocycles. The zero-order valence-corrected chi connectivity index (χ0v) is 10.0. The minimum absolute atomic E-state index is 0.00325. The van der Waals surface area contributed by atoms with Crippen molar-refractivity contribution in [1.82, 2.24) is 10.6 Å². The summed E-state index contributed by atoms with van der Waals surface area (Å²) in [5.41, 5.74) is 5.19. The van der Waals surface area contributed by atoms with Crippen LogP contribution in [0.25, 0.3) is 0 Å². The number of nitrogens with two attached hydrogens (primary N) is 1. The number of rotatable bonds is 4. The van der Waals surface area contributed by atoms with Gasteiger partial charge < -0.3 is 20.8 Å². The Hall–Kier alpha value is -1.89. The molecular weight excluding hydrogens is 242 g/mol. The first-order chi connectivity index (χ1) is 8.00. The van der Waals surface area contributed by atoms with Crippen molar-refractivity contribution in [1.29, 1.82) is 0 Å². The van der Waals surface area contributed by atoms with E-state index in [4.69, 9.17) is 10.2 Å². The molecule has 2 amide bonds. The lowest BCUT2D eigenvalue weighted by Gasteiger charge is -2.10. The van der Waals surface area contributed by atoms with E-state index in [2.05, 4.69) is 22.9 Å². The second kappa shape index (κ2) is 6.00. The topological polar surface area (TPSA) is 97.4 Å². The molecule has 4 N–H and O–H groups in total. The van der Waals surface area contributed by atoms with Crippen LogP contribution in [0.1, 0.15) is 18.7 Å². The fourth-order valence-electron chi connectivity index (χ4n) is 1.12. The minimum atomic E-state index is -0.781. The molecular formula is C10H13N3O3S. The molecule has 1 unspecified atom stereocenters. The summed E-state index contributed by atoms with van der Waals surface area (Å²) in [4.78, 5) is 22.8. The highest BCUT2D eigenvalue weighted by molar-refractivity contribution is 7.80. The van der Waals surface area contributed by atoms with Crippen LogP contribution in [0.15, 0.2) is 22.8 Å². The summed E-state index contributed by atoms with van der Waals surface area (Å²) in [7, 11) is 0. The van der Waals surface area contributed by atoms with Gasteiger partial charge in [-0.1, -0.05) is 12.2 Å². The summed E-state index contributed by atoms with van der Waals surface area (Å²) < 4.78 is 5.09. The van der Waals surface area contributed by atoms with Gasteiger partial charge in [0.25, 0.3) is 0 Å². The van der Waals surface area contributed by atoms with Crippen LogP contribution in [0, 0.1) is 0 Å². The van der Waals surface area contributed by atoms with Crippen molar-refractivity contribution in [3.63, 3.8) is 0 Å². The van der Waals surface area contributed by atoms with Crippen LogP contribution in [-0.4, -0.2) is 23.3 Å². The van der Waals surface area contributed by atoms with Gasteiger partial charge in [0.15, 0.2) is 0 Å². The van der Waals surface area contributed by atoms with Gasteiger partial charge in [-0.15, -0.1) is 0 Å². The summed E-state index contributed by atoms with van der Waals surface area (Å²) in [5, 5.41) is 4.76. The molecule has 0 aromatic carbocycles. The maximum atomic E-state index is 11.4. The molecule has 0 aliphatic carbocycles. The molecule has 6 nitrogen and oxygen atoms in total. The van der Waals surface area contributed by atoms with Crippen LogP contribution < -0.4 is 16.4 Å². The SMILES string of the molecule is CC(NC(=O)C(=O)NCC(N)=S)c1ccco1. The van der Waals surface area contributed by atoms with Gasteiger partial charge in [0, 0.05) is 0 Å². The molecule has 0 aliphatic heterocycles. The summed E-state index contributed by atoms with van der Waals surface area (Å²) in [6.07, 6.45) is 1.49. The zero-order valence-electron chi connectivity index (χ0n) is 9.23. The molecule has 0 spiro atoms. The third-order valence-corrected chi connectivity index (χ3v) is 2.09. The summed E-state index contributed by atoms with van der Waals surface area (Å²) in [6, 6.07) is 3.02. The van der Waals surface area contributed by atoms with Gasteiger partial charge in [-0.25, -0.2) is 0 Å². The van der Waals surface area contributed by atoms with E-state index in [1.54, 1.807) is 19.1 Å². The van der Waals surface area contributed by atoms with Gasteiger partial charge in [-0.05, 0) is 19.1 Å². The van der Waals surface area contributed by atoms with Crippen molar-refractivity contribution < 1.29 is 14.0 Å². The second-order valence-corrected chi connectivity index (χ2v) is 3.88. The van der Waals surface area contributed by atoms with Crippen LogP contribution in [0.3, 0.4) is 0 Å². The highest BCUT2D eigenvalue weighted by atomic mass is 32.1. The fraction of sp³-hybridized carbons (Fsp3) is 0.300. The molecule has 0 aliphatic rings. The number of carbonyl (C=O) groups is 2. The molecule has 92 valence electrons. The molecule has 0 saturated carbocycles. The van der Waals surface area contributed by atoms with Gasteiger partial charge in [-0.2, -0.15) is 0 Å². The van der Waals surface area contributed by atoms with E-state index < -0.39 is 11.8 Å². The van der Waals surface area contributed by atoms with E-state index in [9.17, 15) is 9.59 Å². The number of carbonyl (C=O) groups excluding carboxylic acids is 2. The van der Waals surface area contributed by atoms with Crippen molar-refractivity contribution >= 4 is 29.0 Å². The third kappa shape index (κ3) is 4.23. The minimum Gasteiger partial charge on any atom is -0.467 e. The molecule has 1 rings (SSSR count).